The highest BCUT2D eigenvalue weighted by Crippen LogP contribution is 2.24. The number of benzene rings is 1. The molecule has 0 aromatic heterocycles. The van der Waals surface area contributed by atoms with E-state index in [0.717, 1.165) is 5.56 Å². The van der Waals surface area contributed by atoms with Gasteiger partial charge in [0.2, 0.25) is 0 Å². The monoisotopic (exact) mass is 443 g/mol. The second-order valence-electron chi connectivity index (χ2n) is 4.87. The summed E-state index contributed by atoms with van der Waals surface area (Å²) < 4.78 is 5.54. The minimum absolute atomic E-state index is 0. The van der Waals surface area contributed by atoms with Gasteiger partial charge >= 0.3 is 0 Å². The van der Waals surface area contributed by atoms with Crippen molar-refractivity contribution < 1.29 is 4.74 Å². The van der Waals surface area contributed by atoms with E-state index in [2.05, 4.69) is 4.99 Å². The molecule has 118 valence electrons. The van der Waals surface area contributed by atoms with Gasteiger partial charge in [-0.15, -0.1) is 24.0 Å². The molecule has 0 radical (unpaired) electrons. The highest BCUT2D eigenvalue weighted by atomic mass is 127. The third kappa shape index (κ3) is 6.18. The smallest absolute Gasteiger partial charge is 0.191 e. The van der Waals surface area contributed by atoms with Crippen molar-refractivity contribution in [2.45, 2.75) is 25.5 Å². The lowest BCUT2D eigenvalue weighted by Gasteiger charge is -2.16. The minimum Gasteiger partial charge on any atom is -0.375 e. The van der Waals surface area contributed by atoms with Crippen LogP contribution in [0.2, 0.25) is 10.0 Å². The maximum absolute atomic E-state index is 6.06. The van der Waals surface area contributed by atoms with E-state index < -0.39 is 0 Å². The summed E-state index contributed by atoms with van der Waals surface area (Å²) >= 11 is 11.9. The fourth-order valence-corrected chi connectivity index (χ4v) is 2.27. The standard InChI is InChI=1S/C14H19Cl2N3O.HI/c1-19(12-4-5-12)14(17)18-6-7-20-9-10-2-3-11(15)8-13(10)16;/h2-3,8,12H,4-7,9H2,1H3,(H2,17,18);1H. The second-order valence-corrected chi connectivity index (χ2v) is 5.71. The zero-order chi connectivity index (χ0) is 14.5. The molecule has 7 heteroatoms. The number of halogens is 3. The first kappa shape index (κ1) is 18.8. The van der Waals surface area contributed by atoms with Gasteiger partial charge in [0.15, 0.2) is 5.96 Å². The zero-order valence-corrected chi connectivity index (χ0v) is 15.7. The molecule has 0 spiro atoms. The summed E-state index contributed by atoms with van der Waals surface area (Å²) in [7, 11) is 1.98. The number of nitrogens with zero attached hydrogens (tertiary/aromatic N) is 2. The second kappa shape index (κ2) is 9.02. The zero-order valence-electron chi connectivity index (χ0n) is 11.9. The molecule has 0 saturated heterocycles. The highest BCUT2D eigenvalue weighted by Gasteiger charge is 2.27. The van der Waals surface area contributed by atoms with Gasteiger partial charge in [0, 0.05) is 23.1 Å². The molecule has 4 nitrogen and oxygen atoms in total. The van der Waals surface area contributed by atoms with Crippen LogP contribution in [-0.4, -0.2) is 37.1 Å². The minimum atomic E-state index is 0. The van der Waals surface area contributed by atoms with E-state index >= 15 is 0 Å². The fraction of sp³-hybridized carbons (Fsp3) is 0.500. The Hall–Kier alpha value is -0.240. The van der Waals surface area contributed by atoms with Crippen molar-refractivity contribution in [1.29, 1.82) is 0 Å². The molecule has 1 aromatic rings. The molecule has 0 heterocycles. The van der Waals surface area contributed by atoms with E-state index in [-0.39, 0.29) is 24.0 Å². The Morgan fingerprint density at radius 1 is 1.43 bits per heavy atom. The van der Waals surface area contributed by atoms with Crippen LogP contribution in [0.1, 0.15) is 18.4 Å². The van der Waals surface area contributed by atoms with E-state index in [4.69, 9.17) is 33.7 Å². The SMILES string of the molecule is CN(C(N)=NCCOCc1ccc(Cl)cc1Cl)C1CC1.I. The molecule has 2 rings (SSSR count). The van der Waals surface area contributed by atoms with Crippen LogP contribution in [0.4, 0.5) is 0 Å². The molecule has 0 aliphatic heterocycles. The van der Waals surface area contributed by atoms with Crippen LogP contribution in [0.25, 0.3) is 0 Å². The summed E-state index contributed by atoms with van der Waals surface area (Å²) in [4.78, 5) is 6.32. The Labute approximate surface area is 152 Å². The molecule has 1 fully saturated rings. The van der Waals surface area contributed by atoms with Gasteiger partial charge in [-0.25, -0.2) is 0 Å². The van der Waals surface area contributed by atoms with Crippen LogP contribution in [0, 0.1) is 0 Å². The van der Waals surface area contributed by atoms with Crippen LogP contribution in [0.5, 0.6) is 0 Å². The molecule has 2 N–H and O–H groups in total. The van der Waals surface area contributed by atoms with E-state index in [1.807, 2.05) is 18.0 Å². The van der Waals surface area contributed by atoms with Crippen molar-refractivity contribution in [3.05, 3.63) is 33.8 Å². The predicted octanol–water partition coefficient (Wildman–Crippen LogP) is 3.54. The Morgan fingerprint density at radius 2 is 2.14 bits per heavy atom. The Kier molecular flexibility index (Phi) is 8.08. The maximum Gasteiger partial charge on any atom is 0.191 e. The molecular formula is C14H20Cl2IN3O. The average Bonchev–Trinajstić information content (AvgIpc) is 3.24. The van der Waals surface area contributed by atoms with E-state index in [1.54, 1.807) is 12.1 Å². The van der Waals surface area contributed by atoms with Gasteiger partial charge in [-0.3, -0.25) is 4.99 Å². The number of aliphatic imine (C=N–C) groups is 1. The third-order valence-electron chi connectivity index (χ3n) is 3.24. The van der Waals surface area contributed by atoms with E-state index in [9.17, 15) is 0 Å². The average molecular weight is 444 g/mol. The topological polar surface area (TPSA) is 50.8 Å². The van der Waals surface area contributed by atoms with E-state index in [0.29, 0.717) is 41.8 Å². The summed E-state index contributed by atoms with van der Waals surface area (Å²) in [6.07, 6.45) is 2.41. The molecule has 0 bridgehead atoms. The molecule has 0 amide bonds. The predicted molar refractivity (Wildman–Crippen MR) is 98.8 cm³/mol. The first-order valence-electron chi connectivity index (χ1n) is 6.62. The highest BCUT2D eigenvalue weighted by molar-refractivity contribution is 14.0. The normalized spacial score (nSPS) is 14.7. The summed E-state index contributed by atoms with van der Waals surface area (Å²) in [5, 5.41) is 1.24. The van der Waals surface area contributed by atoms with Crippen molar-refractivity contribution >= 4 is 53.1 Å². The molecule has 1 aromatic carbocycles. The van der Waals surface area contributed by atoms with Crippen molar-refractivity contribution in [2.24, 2.45) is 10.7 Å². The molecule has 21 heavy (non-hydrogen) atoms. The van der Waals surface area contributed by atoms with Gasteiger partial charge in [-0.2, -0.15) is 0 Å². The van der Waals surface area contributed by atoms with Crippen LogP contribution in [-0.2, 0) is 11.3 Å². The number of ether oxygens (including phenoxy) is 1. The quantitative estimate of drug-likeness (QED) is 0.316. The van der Waals surface area contributed by atoms with E-state index in [1.165, 1.54) is 12.8 Å². The third-order valence-corrected chi connectivity index (χ3v) is 3.83. The first-order valence-corrected chi connectivity index (χ1v) is 7.38. The van der Waals surface area contributed by atoms with Gasteiger partial charge in [-0.05, 0) is 30.5 Å². The van der Waals surface area contributed by atoms with Gasteiger partial charge < -0.3 is 15.4 Å². The van der Waals surface area contributed by atoms with Gasteiger partial charge in [0.25, 0.3) is 0 Å². The summed E-state index contributed by atoms with van der Waals surface area (Å²) in [5.41, 5.74) is 6.80. The summed E-state index contributed by atoms with van der Waals surface area (Å²) in [6, 6.07) is 5.95. The molecule has 1 aliphatic carbocycles. The van der Waals surface area contributed by atoms with Crippen molar-refractivity contribution in [2.75, 3.05) is 20.2 Å². The van der Waals surface area contributed by atoms with Crippen molar-refractivity contribution in [1.82, 2.24) is 4.90 Å². The fourth-order valence-electron chi connectivity index (χ4n) is 1.81. The number of hydrogen-bond donors (Lipinski definition) is 1. The Balaban J connectivity index is 0.00000220. The number of rotatable bonds is 6. The van der Waals surface area contributed by atoms with Crippen LogP contribution in [0.15, 0.2) is 23.2 Å². The van der Waals surface area contributed by atoms with Gasteiger partial charge in [0.1, 0.15) is 0 Å². The number of guanidine groups is 1. The summed E-state index contributed by atoms with van der Waals surface area (Å²) in [6.45, 7) is 1.51. The summed E-state index contributed by atoms with van der Waals surface area (Å²) in [5.74, 6) is 0.584. The maximum atomic E-state index is 6.06. The molecule has 1 saturated carbocycles. The lowest BCUT2D eigenvalue weighted by molar-refractivity contribution is 0.128. The molecule has 0 atom stereocenters. The van der Waals surface area contributed by atoms with Gasteiger partial charge in [0.05, 0.1) is 19.8 Å². The largest absolute Gasteiger partial charge is 0.375 e. The first-order chi connectivity index (χ1) is 9.58. The molecular weight excluding hydrogens is 424 g/mol. The van der Waals surface area contributed by atoms with Crippen LogP contribution < -0.4 is 5.73 Å². The Morgan fingerprint density at radius 3 is 2.76 bits per heavy atom. The molecule has 1 aliphatic rings. The van der Waals surface area contributed by atoms with Gasteiger partial charge in [-0.1, -0.05) is 29.3 Å². The number of hydrogen-bond acceptors (Lipinski definition) is 2. The Bertz CT molecular complexity index is 495. The van der Waals surface area contributed by atoms with Crippen molar-refractivity contribution in [3.8, 4) is 0 Å². The lowest BCUT2D eigenvalue weighted by Crippen LogP contribution is -2.36. The lowest BCUT2D eigenvalue weighted by atomic mass is 10.2. The molecule has 0 unspecified atom stereocenters. The van der Waals surface area contributed by atoms with Crippen LogP contribution >= 0.6 is 47.2 Å². The number of nitrogens with two attached hydrogens (primary N) is 1. The van der Waals surface area contributed by atoms with Crippen molar-refractivity contribution in [3.63, 3.8) is 0 Å². The van der Waals surface area contributed by atoms with Crippen LogP contribution in [0.3, 0.4) is 0 Å².